The molecular formula is C18H22N2O5. The predicted octanol–water partition coefficient (Wildman–Crippen LogP) is 2.61. The second-order valence-corrected chi connectivity index (χ2v) is 5.64. The molecule has 7 nitrogen and oxygen atoms in total. The van der Waals surface area contributed by atoms with Crippen molar-refractivity contribution in [2.24, 2.45) is 0 Å². The molecule has 0 aliphatic heterocycles. The number of carbonyl (C=O) groups is 2. The van der Waals surface area contributed by atoms with E-state index in [1.165, 1.54) is 6.92 Å². The summed E-state index contributed by atoms with van der Waals surface area (Å²) in [5.74, 6) is 1.06. The lowest BCUT2D eigenvalue weighted by Gasteiger charge is -2.17. The van der Waals surface area contributed by atoms with Crippen LogP contribution in [0.2, 0.25) is 0 Å². The van der Waals surface area contributed by atoms with Crippen molar-refractivity contribution in [1.82, 2.24) is 10.3 Å². The van der Waals surface area contributed by atoms with E-state index in [0.717, 1.165) is 11.3 Å². The first-order chi connectivity index (χ1) is 11.9. The number of hydrogen-bond acceptors (Lipinski definition) is 6. The van der Waals surface area contributed by atoms with E-state index < -0.39 is 12.0 Å². The monoisotopic (exact) mass is 346 g/mol. The van der Waals surface area contributed by atoms with Gasteiger partial charge >= 0.3 is 5.97 Å². The highest BCUT2D eigenvalue weighted by atomic mass is 16.5. The maximum atomic E-state index is 12.1. The van der Waals surface area contributed by atoms with Gasteiger partial charge in [-0.25, -0.2) is 4.98 Å². The number of rotatable bonds is 7. The number of carbonyl (C=O) groups excluding carboxylic acids is 2. The molecule has 1 amide bonds. The van der Waals surface area contributed by atoms with Crippen LogP contribution < -0.4 is 10.1 Å². The zero-order valence-corrected chi connectivity index (χ0v) is 14.8. The van der Waals surface area contributed by atoms with Crippen LogP contribution in [0.4, 0.5) is 0 Å². The minimum absolute atomic E-state index is 0.00455. The van der Waals surface area contributed by atoms with Gasteiger partial charge in [0.05, 0.1) is 25.3 Å². The molecule has 25 heavy (non-hydrogen) atoms. The number of aryl methyl sites for hydroxylation is 2. The summed E-state index contributed by atoms with van der Waals surface area (Å²) in [6.07, 6.45) is 0.00455. The Morgan fingerprint density at radius 2 is 1.92 bits per heavy atom. The largest absolute Gasteiger partial charge is 0.497 e. The maximum absolute atomic E-state index is 12.1. The number of oxazole rings is 1. The number of hydrogen-bond donors (Lipinski definition) is 1. The quantitative estimate of drug-likeness (QED) is 0.775. The number of nitrogens with zero attached hydrogens (tertiary/aromatic N) is 1. The van der Waals surface area contributed by atoms with Crippen LogP contribution in [-0.2, 0) is 20.9 Å². The summed E-state index contributed by atoms with van der Waals surface area (Å²) in [5.41, 5.74) is 1.55. The number of benzene rings is 1. The molecule has 7 heteroatoms. The van der Waals surface area contributed by atoms with Gasteiger partial charge in [0.15, 0.2) is 6.61 Å². The molecule has 1 aromatic carbocycles. The number of nitrogens with one attached hydrogen (secondary N) is 1. The van der Waals surface area contributed by atoms with Gasteiger partial charge in [0, 0.05) is 6.92 Å². The predicted molar refractivity (Wildman–Crippen MR) is 89.9 cm³/mol. The Hall–Kier alpha value is -2.83. The maximum Gasteiger partial charge on any atom is 0.308 e. The Bertz CT molecular complexity index is 717. The fourth-order valence-electron chi connectivity index (χ4n) is 2.30. The highest BCUT2D eigenvalue weighted by Crippen LogP contribution is 2.21. The van der Waals surface area contributed by atoms with E-state index in [4.69, 9.17) is 13.9 Å². The van der Waals surface area contributed by atoms with Crippen LogP contribution in [0, 0.1) is 13.8 Å². The minimum atomic E-state index is -0.482. The van der Waals surface area contributed by atoms with E-state index in [1.807, 2.05) is 6.92 Å². The van der Waals surface area contributed by atoms with E-state index in [9.17, 15) is 9.59 Å². The average molecular weight is 346 g/mol. The highest BCUT2D eigenvalue weighted by molar-refractivity contribution is 5.76. The Morgan fingerprint density at radius 3 is 2.44 bits per heavy atom. The molecule has 0 aliphatic rings. The smallest absolute Gasteiger partial charge is 0.308 e. The fourth-order valence-corrected chi connectivity index (χ4v) is 2.30. The molecule has 0 aliphatic carbocycles. The van der Waals surface area contributed by atoms with Crippen molar-refractivity contribution < 1.29 is 23.5 Å². The molecule has 0 spiro atoms. The Morgan fingerprint density at radius 1 is 1.24 bits per heavy atom. The first kappa shape index (κ1) is 18.5. The van der Waals surface area contributed by atoms with Crippen LogP contribution in [0.25, 0.3) is 0 Å². The summed E-state index contributed by atoms with van der Waals surface area (Å²) >= 11 is 0. The molecule has 1 unspecified atom stereocenters. The topological polar surface area (TPSA) is 90.7 Å². The molecule has 0 radical (unpaired) electrons. The minimum Gasteiger partial charge on any atom is -0.497 e. The Balaban J connectivity index is 1.99. The number of aromatic nitrogens is 1. The lowest BCUT2D eigenvalue weighted by atomic mass is 10.0. The lowest BCUT2D eigenvalue weighted by molar-refractivity contribution is -0.146. The van der Waals surface area contributed by atoms with E-state index in [-0.39, 0.29) is 18.9 Å². The number of amides is 1. The molecule has 1 atom stereocenters. The van der Waals surface area contributed by atoms with Crippen molar-refractivity contribution in [1.29, 1.82) is 0 Å². The van der Waals surface area contributed by atoms with Crippen molar-refractivity contribution in [2.45, 2.75) is 39.8 Å². The molecule has 1 aromatic heterocycles. The van der Waals surface area contributed by atoms with Crippen LogP contribution in [-0.4, -0.2) is 24.0 Å². The standard InChI is InChI=1S/C18H22N2O5/c1-11-12(2)25-17(19-11)10-24-18(22)9-16(20-13(3)21)14-5-7-15(23-4)8-6-14/h5-8,16H,9-10H2,1-4H3,(H,20,21). The van der Waals surface area contributed by atoms with Gasteiger partial charge in [-0.3, -0.25) is 9.59 Å². The molecule has 1 heterocycles. The van der Waals surface area contributed by atoms with Gasteiger partial charge < -0.3 is 19.2 Å². The van der Waals surface area contributed by atoms with Gasteiger partial charge in [0.1, 0.15) is 11.5 Å². The van der Waals surface area contributed by atoms with Crippen molar-refractivity contribution in [3.05, 3.63) is 47.2 Å². The summed E-state index contributed by atoms with van der Waals surface area (Å²) < 4.78 is 15.7. The zero-order chi connectivity index (χ0) is 18.4. The second kappa shape index (κ2) is 8.32. The summed E-state index contributed by atoms with van der Waals surface area (Å²) in [5, 5.41) is 2.76. The van der Waals surface area contributed by atoms with Crippen LogP contribution in [0.3, 0.4) is 0 Å². The van der Waals surface area contributed by atoms with Gasteiger partial charge in [-0.15, -0.1) is 0 Å². The van der Waals surface area contributed by atoms with E-state index in [0.29, 0.717) is 17.4 Å². The molecule has 0 saturated carbocycles. The number of ether oxygens (including phenoxy) is 2. The summed E-state index contributed by atoms with van der Waals surface area (Å²) in [6, 6.07) is 6.66. The molecule has 0 fully saturated rings. The van der Waals surface area contributed by atoms with Gasteiger partial charge in [0.25, 0.3) is 0 Å². The van der Waals surface area contributed by atoms with Crippen molar-refractivity contribution in [2.75, 3.05) is 7.11 Å². The second-order valence-electron chi connectivity index (χ2n) is 5.64. The summed E-state index contributed by atoms with van der Waals surface area (Å²) in [6.45, 7) is 4.98. The van der Waals surface area contributed by atoms with Gasteiger partial charge in [-0.2, -0.15) is 0 Å². The van der Waals surface area contributed by atoms with E-state index >= 15 is 0 Å². The van der Waals surface area contributed by atoms with E-state index in [2.05, 4.69) is 10.3 Å². The van der Waals surface area contributed by atoms with Gasteiger partial charge in [-0.05, 0) is 31.5 Å². The number of esters is 1. The lowest BCUT2D eigenvalue weighted by Crippen LogP contribution is -2.28. The molecular weight excluding hydrogens is 324 g/mol. The van der Waals surface area contributed by atoms with Crippen LogP contribution in [0.1, 0.15) is 42.3 Å². The molecule has 134 valence electrons. The normalized spacial score (nSPS) is 11.7. The van der Waals surface area contributed by atoms with Crippen LogP contribution >= 0.6 is 0 Å². The number of methoxy groups -OCH3 is 1. The summed E-state index contributed by atoms with van der Waals surface area (Å²) in [7, 11) is 1.57. The van der Waals surface area contributed by atoms with Crippen molar-refractivity contribution >= 4 is 11.9 Å². The zero-order valence-electron chi connectivity index (χ0n) is 14.8. The molecule has 2 rings (SSSR count). The fraction of sp³-hybridized carbons (Fsp3) is 0.389. The third-order valence-electron chi connectivity index (χ3n) is 3.70. The van der Waals surface area contributed by atoms with E-state index in [1.54, 1.807) is 38.3 Å². The van der Waals surface area contributed by atoms with Crippen molar-refractivity contribution in [3.8, 4) is 5.75 Å². The van der Waals surface area contributed by atoms with Gasteiger partial charge in [-0.1, -0.05) is 12.1 Å². The third-order valence-corrected chi connectivity index (χ3v) is 3.70. The average Bonchev–Trinajstić information content (AvgIpc) is 2.90. The molecule has 0 bridgehead atoms. The Kier molecular flexibility index (Phi) is 6.16. The first-order valence-electron chi connectivity index (χ1n) is 7.88. The van der Waals surface area contributed by atoms with Crippen LogP contribution in [0.15, 0.2) is 28.7 Å². The molecule has 1 N–H and O–H groups in total. The Labute approximate surface area is 146 Å². The molecule has 2 aromatic rings. The third kappa shape index (κ3) is 5.34. The SMILES string of the molecule is COc1ccc(C(CC(=O)OCc2nc(C)c(C)o2)NC(C)=O)cc1. The van der Waals surface area contributed by atoms with Crippen LogP contribution in [0.5, 0.6) is 5.75 Å². The van der Waals surface area contributed by atoms with Gasteiger partial charge in [0.2, 0.25) is 11.8 Å². The molecule has 0 saturated heterocycles. The van der Waals surface area contributed by atoms with Crippen molar-refractivity contribution in [3.63, 3.8) is 0 Å². The highest BCUT2D eigenvalue weighted by Gasteiger charge is 2.19. The summed E-state index contributed by atoms with van der Waals surface area (Å²) in [4.78, 5) is 27.7. The first-order valence-corrected chi connectivity index (χ1v) is 7.88.